The summed E-state index contributed by atoms with van der Waals surface area (Å²) in [6, 6.07) is 0. The summed E-state index contributed by atoms with van der Waals surface area (Å²) in [6.07, 6.45) is 2.31. The fourth-order valence-corrected chi connectivity index (χ4v) is 3.60. The number of hydrogen-bond donors (Lipinski definition) is 3. The Kier molecular flexibility index (Phi) is 4.44. The molecule has 4 aromatic heterocycles. The van der Waals surface area contributed by atoms with Gasteiger partial charge in [0.15, 0.2) is 5.82 Å². The van der Waals surface area contributed by atoms with Gasteiger partial charge in [0, 0.05) is 18.0 Å². The summed E-state index contributed by atoms with van der Waals surface area (Å²) in [7, 11) is 0. The predicted molar refractivity (Wildman–Crippen MR) is 110 cm³/mol. The van der Waals surface area contributed by atoms with Gasteiger partial charge >= 0.3 is 0 Å². The van der Waals surface area contributed by atoms with E-state index in [0.29, 0.717) is 29.8 Å². The molecule has 4 rings (SSSR count). The van der Waals surface area contributed by atoms with Crippen molar-refractivity contribution in [3.05, 3.63) is 33.5 Å². The normalized spacial score (nSPS) is 13.0. The van der Waals surface area contributed by atoms with Crippen molar-refractivity contribution in [1.29, 1.82) is 0 Å². The first-order valence-corrected chi connectivity index (χ1v) is 9.50. The standard InChI is InChI=1S/C18H24N10O/c1-8(2)11-7-21-28-15(11)17(29)27(26-18(28)20)6-5-9(3)13-12-10(4)22-25-16(19)14(12)24-23-13/h7-9H,5-6H2,1-4H3,(H2,19,25)(H2,20,26)(H,23,24). The van der Waals surface area contributed by atoms with Gasteiger partial charge in [0.2, 0.25) is 5.95 Å². The van der Waals surface area contributed by atoms with Crippen molar-refractivity contribution in [2.45, 2.75) is 52.5 Å². The summed E-state index contributed by atoms with van der Waals surface area (Å²) in [5, 5.41) is 24.7. The largest absolute Gasteiger partial charge is 0.380 e. The molecule has 29 heavy (non-hydrogen) atoms. The molecule has 0 amide bonds. The van der Waals surface area contributed by atoms with E-state index in [4.69, 9.17) is 11.5 Å². The molecule has 11 heteroatoms. The number of H-pyrrole nitrogens is 1. The first-order chi connectivity index (χ1) is 13.8. The van der Waals surface area contributed by atoms with Crippen LogP contribution in [0, 0.1) is 6.92 Å². The van der Waals surface area contributed by atoms with E-state index in [1.165, 1.54) is 9.20 Å². The molecule has 0 saturated heterocycles. The van der Waals surface area contributed by atoms with E-state index in [9.17, 15) is 4.79 Å². The minimum Gasteiger partial charge on any atom is -0.380 e. The summed E-state index contributed by atoms with van der Waals surface area (Å²) < 4.78 is 2.81. The lowest BCUT2D eigenvalue weighted by atomic mass is 10.00. The molecular formula is C18H24N10O. The quantitative estimate of drug-likeness (QED) is 0.456. The molecule has 4 heterocycles. The van der Waals surface area contributed by atoms with Crippen LogP contribution in [0.3, 0.4) is 0 Å². The molecule has 0 aromatic carbocycles. The summed E-state index contributed by atoms with van der Waals surface area (Å²) in [6.45, 7) is 8.33. The number of aryl methyl sites for hydroxylation is 2. The Morgan fingerprint density at radius 1 is 1.21 bits per heavy atom. The van der Waals surface area contributed by atoms with Crippen molar-refractivity contribution in [2.24, 2.45) is 0 Å². The zero-order valence-corrected chi connectivity index (χ0v) is 16.8. The average Bonchev–Trinajstić information content (AvgIpc) is 3.32. The number of nitrogens with one attached hydrogen (secondary N) is 1. The van der Waals surface area contributed by atoms with Gasteiger partial charge in [0.1, 0.15) is 11.0 Å². The van der Waals surface area contributed by atoms with Gasteiger partial charge in [-0.15, -0.1) is 10.2 Å². The fourth-order valence-electron chi connectivity index (χ4n) is 3.60. The van der Waals surface area contributed by atoms with Gasteiger partial charge in [-0.25, -0.2) is 4.68 Å². The molecule has 0 fully saturated rings. The summed E-state index contributed by atoms with van der Waals surface area (Å²) in [5.74, 6) is 0.684. The molecule has 5 N–H and O–H groups in total. The summed E-state index contributed by atoms with van der Waals surface area (Å²) in [5.41, 5.74) is 15.3. The zero-order valence-electron chi connectivity index (χ0n) is 16.8. The number of fused-ring (bicyclic) bond motifs is 2. The second-order valence-corrected chi connectivity index (χ2v) is 7.62. The number of rotatable bonds is 5. The molecule has 1 unspecified atom stereocenters. The number of anilines is 2. The Hall–Kier alpha value is -3.50. The molecular weight excluding hydrogens is 372 g/mol. The van der Waals surface area contributed by atoms with Crippen molar-refractivity contribution in [2.75, 3.05) is 11.5 Å². The van der Waals surface area contributed by atoms with Crippen LogP contribution >= 0.6 is 0 Å². The highest BCUT2D eigenvalue weighted by molar-refractivity contribution is 5.90. The molecule has 11 nitrogen and oxygen atoms in total. The van der Waals surface area contributed by atoms with Gasteiger partial charge in [-0.1, -0.05) is 20.8 Å². The van der Waals surface area contributed by atoms with Gasteiger partial charge in [-0.2, -0.15) is 19.8 Å². The number of aromatic nitrogens is 8. The molecule has 0 bridgehead atoms. The third-order valence-corrected chi connectivity index (χ3v) is 5.26. The topological polar surface area (TPSA) is 159 Å². The number of nitrogens with zero attached hydrogens (tertiary/aromatic N) is 7. The summed E-state index contributed by atoms with van der Waals surface area (Å²) >= 11 is 0. The lowest BCUT2D eigenvalue weighted by Gasteiger charge is -2.12. The van der Waals surface area contributed by atoms with Crippen molar-refractivity contribution >= 4 is 28.2 Å². The van der Waals surface area contributed by atoms with Crippen LogP contribution in [0.2, 0.25) is 0 Å². The lowest BCUT2D eigenvalue weighted by molar-refractivity contribution is 0.505. The average molecular weight is 396 g/mol. The fraction of sp³-hybridized carbons (Fsp3) is 0.444. The van der Waals surface area contributed by atoms with E-state index in [2.05, 4.69) is 30.6 Å². The lowest BCUT2D eigenvalue weighted by Crippen LogP contribution is -2.28. The van der Waals surface area contributed by atoms with Crippen LogP contribution in [-0.4, -0.2) is 39.8 Å². The van der Waals surface area contributed by atoms with Crippen molar-refractivity contribution < 1.29 is 0 Å². The first-order valence-electron chi connectivity index (χ1n) is 9.50. The van der Waals surface area contributed by atoms with E-state index in [1.807, 2.05) is 27.7 Å². The van der Waals surface area contributed by atoms with Crippen molar-refractivity contribution in [3.8, 4) is 0 Å². The minimum absolute atomic E-state index is 0.0340. The van der Waals surface area contributed by atoms with E-state index < -0.39 is 0 Å². The Bertz CT molecular complexity index is 1270. The van der Waals surface area contributed by atoms with Crippen LogP contribution < -0.4 is 17.0 Å². The number of nitrogens with two attached hydrogens (primary N) is 2. The van der Waals surface area contributed by atoms with Gasteiger partial charge in [-0.05, 0) is 19.3 Å². The zero-order chi connectivity index (χ0) is 20.9. The first kappa shape index (κ1) is 18.8. The molecule has 0 spiro atoms. The van der Waals surface area contributed by atoms with Crippen LogP contribution in [0.5, 0.6) is 0 Å². The van der Waals surface area contributed by atoms with Crippen LogP contribution in [-0.2, 0) is 6.54 Å². The smallest absolute Gasteiger partial charge is 0.293 e. The van der Waals surface area contributed by atoms with E-state index >= 15 is 0 Å². The Balaban J connectivity index is 1.67. The third kappa shape index (κ3) is 2.98. The minimum atomic E-state index is -0.203. The van der Waals surface area contributed by atoms with Crippen LogP contribution in [0.1, 0.15) is 56.0 Å². The highest BCUT2D eigenvalue weighted by atomic mass is 16.1. The number of aromatic amines is 1. The van der Waals surface area contributed by atoms with Crippen LogP contribution in [0.15, 0.2) is 11.0 Å². The van der Waals surface area contributed by atoms with Gasteiger partial charge in [-0.3, -0.25) is 9.89 Å². The van der Waals surface area contributed by atoms with Crippen LogP contribution in [0.4, 0.5) is 11.8 Å². The van der Waals surface area contributed by atoms with E-state index in [-0.39, 0.29) is 23.3 Å². The summed E-state index contributed by atoms with van der Waals surface area (Å²) in [4.78, 5) is 13.0. The Labute approximate surface area is 166 Å². The molecule has 0 radical (unpaired) electrons. The SMILES string of the molecule is Cc1nnc(N)c2[nH]nc(C(C)CCn3nc(N)n4ncc(C(C)C)c4c3=O)c12. The molecule has 0 aliphatic heterocycles. The number of nitrogen functional groups attached to an aromatic ring is 2. The molecule has 0 saturated carbocycles. The van der Waals surface area contributed by atoms with Crippen molar-refractivity contribution in [1.82, 2.24) is 39.8 Å². The maximum Gasteiger partial charge on any atom is 0.293 e. The van der Waals surface area contributed by atoms with Crippen LogP contribution in [0.25, 0.3) is 16.4 Å². The molecule has 0 aliphatic rings. The maximum atomic E-state index is 13.0. The van der Waals surface area contributed by atoms with Crippen molar-refractivity contribution in [3.63, 3.8) is 0 Å². The molecule has 152 valence electrons. The van der Waals surface area contributed by atoms with Gasteiger partial charge < -0.3 is 11.5 Å². The third-order valence-electron chi connectivity index (χ3n) is 5.26. The Morgan fingerprint density at radius 2 is 1.97 bits per heavy atom. The Morgan fingerprint density at radius 3 is 2.69 bits per heavy atom. The van der Waals surface area contributed by atoms with E-state index in [1.54, 1.807) is 6.20 Å². The monoisotopic (exact) mass is 396 g/mol. The van der Waals surface area contributed by atoms with Gasteiger partial charge in [0.25, 0.3) is 5.56 Å². The molecule has 0 aliphatic carbocycles. The molecule has 1 atom stereocenters. The molecule has 4 aromatic rings. The predicted octanol–water partition coefficient (Wildman–Crippen LogP) is 1.35. The second kappa shape index (κ2) is 6.83. The number of hydrogen-bond acceptors (Lipinski definition) is 8. The highest BCUT2D eigenvalue weighted by Crippen LogP contribution is 2.29. The second-order valence-electron chi connectivity index (χ2n) is 7.62. The maximum absolute atomic E-state index is 13.0. The van der Waals surface area contributed by atoms with E-state index in [0.717, 1.165) is 22.3 Å². The van der Waals surface area contributed by atoms with Gasteiger partial charge in [0.05, 0.1) is 23.0 Å². The highest BCUT2D eigenvalue weighted by Gasteiger charge is 2.20.